The molecule has 0 saturated carbocycles. The Balaban J connectivity index is 1.70. The molecule has 1 aliphatic rings. The van der Waals surface area contributed by atoms with Crippen molar-refractivity contribution in [2.45, 2.75) is 31.9 Å². The molecule has 1 heterocycles. The van der Waals surface area contributed by atoms with E-state index in [1.807, 2.05) is 30.3 Å². The number of nitrogens with zero attached hydrogens (tertiary/aromatic N) is 1. The molecular weight excluding hydrogens is 284 g/mol. The number of amides is 1. The van der Waals surface area contributed by atoms with Gasteiger partial charge >= 0.3 is 12.1 Å². The third-order valence-corrected chi connectivity index (χ3v) is 3.68. The minimum Gasteiger partial charge on any atom is -0.481 e. The summed E-state index contributed by atoms with van der Waals surface area (Å²) in [5.41, 5.74) is 0.948. The van der Waals surface area contributed by atoms with E-state index in [4.69, 9.17) is 9.84 Å². The lowest BCUT2D eigenvalue weighted by molar-refractivity contribution is -0.137. The molecule has 0 radical (unpaired) electrons. The molecule has 6 heteroatoms. The smallest absolute Gasteiger partial charge is 0.407 e. The van der Waals surface area contributed by atoms with Crippen LogP contribution in [0, 0.1) is 0 Å². The topological polar surface area (TPSA) is 78.9 Å². The number of alkyl carbamates (subject to hydrolysis) is 1. The van der Waals surface area contributed by atoms with Gasteiger partial charge in [0.15, 0.2) is 0 Å². The normalized spacial score (nSPS) is 18.6. The second-order valence-corrected chi connectivity index (χ2v) is 5.49. The molecule has 2 N–H and O–H groups in total. The number of rotatable bonds is 6. The summed E-state index contributed by atoms with van der Waals surface area (Å²) in [5, 5.41) is 11.6. The monoisotopic (exact) mass is 306 g/mol. The van der Waals surface area contributed by atoms with Gasteiger partial charge in [0.25, 0.3) is 0 Å². The van der Waals surface area contributed by atoms with E-state index < -0.39 is 12.1 Å². The van der Waals surface area contributed by atoms with Crippen LogP contribution in [-0.2, 0) is 16.1 Å². The van der Waals surface area contributed by atoms with Gasteiger partial charge in [0.1, 0.15) is 6.61 Å². The van der Waals surface area contributed by atoms with Gasteiger partial charge in [0, 0.05) is 19.1 Å². The highest BCUT2D eigenvalue weighted by atomic mass is 16.5. The average molecular weight is 306 g/mol. The number of nitrogens with one attached hydrogen (secondary N) is 1. The van der Waals surface area contributed by atoms with Gasteiger partial charge in [0.05, 0.1) is 6.42 Å². The number of hydrogen-bond acceptors (Lipinski definition) is 4. The van der Waals surface area contributed by atoms with Crippen molar-refractivity contribution in [1.29, 1.82) is 0 Å². The van der Waals surface area contributed by atoms with Crippen LogP contribution in [0.1, 0.15) is 24.8 Å². The molecule has 0 aliphatic carbocycles. The summed E-state index contributed by atoms with van der Waals surface area (Å²) < 4.78 is 5.20. The number of carboxylic acid groups (broad SMARTS) is 1. The zero-order chi connectivity index (χ0) is 15.8. The summed E-state index contributed by atoms with van der Waals surface area (Å²) in [4.78, 5) is 24.5. The minimum atomic E-state index is -0.794. The molecule has 1 atom stereocenters. The van der Waals surface area contributed by atoms with Crippen LogP contribution in [-0.4, -0.2) is 47.7 Å². The van der Waals surface area contributed by atoms with Crippen molar-refractivity contribution < 1.29 is 19.4 Å². The summed E-state index contributed by atoms with van der Waals surface area (Å²) in [7, 11) is 0. The lowest BCUT2D eigenvalue weighted by atomic mass is 10.1. The number of piperidine rings is 1. The first-order valence-corrected chi connectivity index (χ1v) is 7.55. The number of carboxylic acids is 1. The third kappa shape index (κ3) is 5.73. The fourth-order valence-corrected chi connectivity index (χ4v) is 2.56. The molecular formula is C16H22N2O4. The van der Waals surface area contributed by atoms with Crippen molar-refractivity contribution in [2.24, 2.45) is 0 Å². The Morgan fingerprint density at radius 3 is 2.82 bits per heavy atom. The van der Waals surface area contributed by atoms with E-state index in [-0.39, 0.29) is 19.1 Å². The molecule has 2 rings (SSSR count). The highest BCUT2D eigenvalue weighted by molar-refractivity contribution is 5.67. The molecule has 1 saturated heterocycles. The highest BCUT2D eigenvalue weighted by Crippen LogP contribution is 2.11. The van der Waals surface area contributed by atoms with Crippen LogP contribution < -0.4 is 5.32 Å². The molecule has 6 nitrogen and oxygen atoms in total. The van der Waals surface area contributed by atoms with Gasteiger partial charge < -0.3 is 20.1 Å². The Morgan fingerprint density at radius 1 is 1.32 bits per heavy atom. The van der Waals surface area contributed by atoms with Crippen LogP contribution >= 0.6 is 0 Å². The summed E-state index contributed by atoms with van der Waals surface area (Å²) in [6.07, 6.45) is 1.55. The van der Waals surface area contributed by atoms with Crippen molar-refractivity contribution in [3.05, 3.63) is 35.9 Å². The lowest BCUT2D eigenvalue weighted by Crippen LogP contribution is -2.48. The largest absolute Gasteiger partial charge is 0.481 e. The molecule has 0 bridgehead atoms. The fourth-order valence-electron chi connectivity index (χ4n) is 2.56. The average Bonchev–Trinajstić information content (AvgIpc) is 2.52. The highest BCUT2D eigenvalue weighted by Gasteiger charge is 2.22. The fraction of sp³-hybridized carbons (Fsp3) is 0.500. The predicted molar refractivity (Wildman–Crippen MR) is 81.5 cm³/mol. The van der Waals surface area contributed by atoms with E-state index in [1.165, 1.54) is 0 Å². The second kappa shape index (κ2) is 8.38. The number of ether oxygens (including phenoxy) is 1. The van der Waals surface area contributed by atoms with Crippen molar-refractivity contribution >= 4 is 12.1 Å². The molecule has 1 aliphatic heterocycles. The van der Waals surface area contributed by atoms with Crippen LogP contribution in [0.15, 0.2) is 30.3 Å². The quantitative estimate of drug-likeness (QED) is 0.838. The van der Waals surface area contributed by atoms with Gasteiger partial charge in [0.2, 0.25) is 0 Å². The van der Waals surface area contributed by atoms with E-state index in [1.54, 1.807) is 0 Å². The van der Waals surface area contributed by atoms with Gasteiger partial charge in [-0.15, -0.1) is 0 Å². The third-order valence-electron chi connectivity index (χ3n) is 3.68. The number of aliphatic carboxylic acids is 1. The number of benzene rings is 1. The summed E-state index contributed by atoms with van der Waals surface area (Å²) in [6, 6.07) is 9.54. The maximum absolute atomic E-state index is 11.8. The lowest BCUT2D eigenvalue weighted by Gasteiger charge is -2.32. The van der Waals surface area contributed by atoms with Gasteiger partial charge in [-0.2, -0.15) is 0 Å². The first-order chi connectivity index (χ1) is 10.6. The minimum absolute atomic E-state index is 0.0193. The van der Waals surface area contributed by atoms with Crippen molar-refractivity contribution in [2.75, 3.05) is 19.6 Å². The molecule has 1 unspecified atom stereocenters. The summed E-state index contributed by atoms with van der Waals surface area (Å²) in [5.74, 6) is -0.794. The van der Waals surface area contributed by atoms with Crippen molar-refractivity contribution in [3.8, 4) is 0 Å². The number of hydrogen-bond donors (Lipinski definition) is 2. The Kier molecular flexibility index (Phi) is 6.21. The van der Waals surface area contributed by atoms with E-state index in [0.29, 0.717) is 13.1 Å². The second-order valence-electron chi connectivity index (χ2n) is 5.49. The SMILES string of the molecule is O=C(O)CCN1CCCC(NC(=O)OCc2ccccc2)C1. The van der Waals surface area contributed by atoms with Gasteiger partial charge in [-0.3, -0.25) is 4.79 Å². The van der Waals surface area contributed by atoms with Gasteiger partial charge in [-0.25, -0.2) is 4.79 Å². The predicted octanol–water partition coefficient (Wildman–Crippen LogP) is 1.85. The molecule has 1 aromatic carbocycles. The zero-order valence-electron chi connectivity index (χ0n) is 12.5. The maximum Gasteiger partial charge on any atom is 0.407 e. The molecule has 120 valence electrons. The first kappa shape index (κ1) is 16.3. The Hall–Kier alpha value is -2.08. The van der Waals surface area contributed by atoms with Gasteiger partial charge in [-0.05, 0) is 24.9 Å². The number of likely N-dealkylation sites (tertiary alicyclic amines) is 1. The van der Waals surface area contributed by atoms with Gasteiger partial charge in [-0.1, -0.05) is 30.3 Å². The van der Waals surface area contributed by atoms with Crippen molar-refractivity contribution in [1.82, 2.24) is 10.2 Å². The van der Waals surface area contributed by atoms with E-state index in [9.17, 15) is 9.59 Å². The zero-order valence-corrected chi connectivity index (χ0v) is 12.5. The van der Waals surface area contributed by atoms with Crippen LogP contribution in [0.3, 0.4) is 0 Å². The number of carbonyl (C=O) groups is 2. The Labute approximate surface area is 130 Å². The van der Waals surface area contributed by atoms with Crippen LogP contribution in [0.4, 0.5) is 4.79 Å². The molecule has 1 fully saturated rings. The van der Waals surface area contributed by atoms with E-state index >= 15 is 0 Å². The molecule has 1 amide bonds. The molecule has 1 aromatic rings. The number of carbonyl (C=O) groups excluding carboxylic acids is 1. The molecule has 0 aromatic heterocycles. The van der Waals surface area contributed by atoms with Crippen LogP contribution in [0.25, 0.3) is 0 Å². The van der Waals surface area contributed by atoms with E-state index in [0.717, 1.165) is 24.9 Å². The maximum atomic E-state index is 11.8. The molecule has 22 heavy (non-hydrogen) atoms. The standard InChI is InChI=1S/C16H22N2O4/c19-15(20)8-10-18-9-4-7-14(11-18)17-16(21)22-12-13-5-2-1-3-6-13/h1-3,5-6,14H,4,7-12H2,(H,17,21)(H,19,20). The first-order valence-electron chi connectivity index (χ1n) is 7.55. The van der Waals surface area contributed by atoms with Crippen LogP contribution in [0.5, 0.6) is 0 Å². The van der Waals surface area contributed by atoms with Crippen molar-refractivity contribution in [3.63, 3.8) is 0 Å². The Morgan fingerprint density at radius 2 is 2.09 bits per heavy atom. The summed E-state index contributed by atoms with van der Waals surface area (Å²) >= 11 is 0. The summed E-state index contributed by atoms with van der Waals surface area (Å²) in [6.45, 7) is 2.33. The van der Waals surface area contributed by atoms with Crippen LogP contribution in [0.2, 0.25) is 0 Å². The Bertz CT molecular complexity index is 492. The van der Waals surface area contributed by atoms with E-state index in [2.05, 4.69) is 10.2 Å². The molecule has 0 spiro atoms.